The summed E-state index contributed by atoms with van der Waals surface area (Å²) in [7, 11) is 1.77. The summed E-state index contributed by atoms with van der Waals surface area (Å²) in [5.74, 6) is 0.790. The Labute approximate surface area is 145 Å². The SMILES string of the molecule is CN=C(NCCCOCC1CCCO1)NCC1(CCO)CCOC1. The number of guanidine groups is 1. The summed E-state index contributed by atoms with van der Waals surface area (Å²) in [6, 6.07) is 0. The fraction of sp³-hybridized carbons (Fsp3) is 0.941. The molecule has 3 N–H and O–H groups in total. The van der Waals surface area contributed by atoms with E-state index >= 15 is 0 Å². The van der Waals surface area contributed by atoms with Gasteiger partial charge in [0.1, 0.15) is 0 Å². The van der Waals surface area contributed by atoms with Crippen molar-refractivity contribution in [3.05, 3.63) is 0 Å². The van der Waals surface area contributed by atoms with E-state index in [-0.39, 0.29) is 12.0 Å². The van der Waals surface area contributed by atoms with Crippen LogP contribution < -0.4 is 10.6 Å². The summed E-state index contributed by atoms with van der Waals surface area (Å²) in [5.41, 5.74) is 0.0246. The molecule has 0 aromatic heterocycles. The molecule has 2 unspecified atom stereocenters. The highest BCUT2D eigenvalue weighted by molar-refractivity contribution is 5.79. The van der Waals surface area contributed by atoms with Crippen LogP contribution in [0.5, 0.6) is 0 Å². The van der Waals surface area contributed by atoms with Crippen LogP contribution in [0.2, 0.25) is 0 Å². The molecular weight excluding hydrogens is 310 g/mol. The highest BCUT2D eigenvalue weighted by atomic mass is 16.5. The molecule has 0 amide bonds. The Morgan fingerprint density at radius 1 is 1.38 bits per heavy atom. The minimum atomic E-state index is 0.0246. The first-order valence-electron chi connectivity index (χ1n) is 9.10. The number of hydrogen-bond acceptors (Lipinski definition) is 5. The quantitative estimate of drug-likeness (QED) is 0.305. The molecule has 2 aliphatic rings. The van der Waals surface area contributed by atoms with E-state index in [1.165, 1.54) is 0 Å². The second kappa shape index (κ2) is 10.9. The van der Waals surface area contributed by atoms with Crippen molar-refractivity contribution in [3.8, 4) is 0 Å². The van der Waals surface area contributed by atoms with Crippen molar-refractivity contribution in [3.63, 3.8) is 0 Å². The standard InChI is InChI=1S/C17H33N3O4/c1-18-16(20-13-17(5-8-21)6-11-23-14-17)19-7-3-9-22-12-15-4-2-10-24-15/h15,21H,2-14H2,1H3,(H2,18,19,20). The molecule has 24 heavy (non-hydrogen) atoms. The summed E-state index contributed by atoms with van der Waals surface area (Å²) in [4.78, 5) is 4.25. The zero-order chi connectivity index (χ0) is 17.1. The van der Waals surface area contributed by atoms with Gasteiger partial charge in [0.15, 0.2) is 5.96 Å². The maximum atomic E-state index is 9.26. The number of aliphatic hydroxyl groups excluding tert-OH is 1. The van der Waals surface area contributed by atoms with Crippen LogP contribution in [0.3, 0.4) is 0 Å². The van der Waals surface area contributed by atoms with E-state index in [1.54, 1.807) is 7.05 Å². The minimum absolute atomic E-state index is 0.0246. The van der Waals surface area contributed by atoms with Crippen LogP contribution in [0, 0.1) is 5.41 Å². The first-order chi connectivity index (χ1) is 11.8. The van der Waals surface area contributed by atoms with Gasteiger partial charge in [-0.2, -0.15) is 0 Å². The Morgan fingerprint density at radius 3 is 2.96 bits per heavy atom. The van der Waals surface area contributed by atoms with Crippen molar-refractivity contribution in [2.24, 2.45) is 10.4 Å². The Balaban J connectivity index is 1.55. The van der Waals surface area contributed by atoms with E-state index in [4.69, 9.17) is 14.2 Å². The van der Waals surface area contributed by atoms with E-state index in [9.17, 15) is 5.11 Å². The van der Waals surface area contributed by atoms with Gasteiger partial charge in [0.2, 0.25) is 0 Å². The Morgan fingerprint density at radius 2 is 2.29 bits per heavy atom. The molecule has 0 aromatic rings. The highest BCUT2D eigenvalue weighted by Gasteiger charge is 2.34. The smallest absolute Gasteiger partial charge is 0.190 e. The third-order valence-corrected chi connectivity index (χ3v) is 4.77. The molecule has 0 aromatic carbocycles. The van der Waals surface area contributed by atoms with Gasteiger partial charge in [0.25, 0.3) is 0 Å². The van der Waals surface area contributed by atoms with E-state index < -0.39 is 0 Å². The molecule has 0 spiro atoms. The lowest BCUT2D eigenvalue weighted by atomic mass is 9.84. The van der Waals surface area contributed by atoms with Crippen LogP contribution in [0.4, 0.5) is 0 Å². The molecule has 2 atom stereocenters. The van der Waals surface area contributed by atoms with Gasteiger partial charge in [-0.05, 0) is 32.1 Å². The summed E-state index contributed by atoms with van der Waals surface area (Å²) < 4.78 is 16.7. The zero-order valence-electron chi connectivity index (χ0n) is 14.9. The van der Waals surface area contributed by atoms with Gasteiger partial charge < -0.3 is 30.0 Å². The summed E-state index contributed by atoms with van der Waals surface area (Å²) in [6.07, 6.45) is 5.24. The second-order valence-corrected chi connectivity index (χ2v) is 6.69. The van der Waals surface area contributed by atoms with E-state index in [2.05, 4.69) is 15.6 Å². The summed E-state index contributed by atoms with van der Waals surface area (Å²) in [5, 5.41) is 15.9. The predicted molar refractivity (Wildman–Crippen MR) is 93.3 cm³/mol. The van der Waals surface area contributed by atoms with Gasteiger partial charge >= 0.3 is 0 Å². The normalized spacial score (nSPS) is 27.6. The average Bonchev–Trinajstić information content (AvgIpc) is 3.26. The van der Waals surface area contributed by atoms with Gasteiger partial charge in [0.05, 0.1) is 19.3 Å². The first kappa shape index (κ1) is 19.4. The predicted octanol–water partition coefficient (Wildman–Crippen LogP) is 0.526. The molecule has 0 bridgehead atoms. The van der Waals surface area contributed by atoms with Crippen LogP contribution >= 0.6 is 0 Å². The van der Waals surface area contributed by atoms with Crippen LogP contribution in [-0.4, -0.2) is 76.9 Å². The van der Waals surface area contributed by atoms with Gasteiger partial charge in [-0.15, -0.1) is 0 Å². The first-order valence-corrected chi connectivity index (χ1v) is 9.10. The van der Waals surface area contributed by atoms with E-state index in [1.807, 2.05) is 0 Å². The lowest BCUT2D eigenvalue weighted by molar-refractivity contribution is 0.0168. The molecule has 2 fully saturated rings. The minimum Gasteiger partial charge on any atom is -0.396 e. The Hall–Kier alpha value is -0.890. The molecule has 7 nitrogen and oxygen atoms in total. The fourth-order valence-corrected chi connectivity index (χ4v) is 3.18. The van der Waals surface area contributed by atoms with Crippen LogP contribution in [0.25, 0.3) is 0 Å². The highest BCUT2D eigenvalue weighted by Crippen LogP contribution is 2.31. The number of hydrogen-bond donors (Lipinski definition) is 3. The van der Waals surface area contributed by atoms with Crippen molar-refractivity contribution >= 4 is 5.96 Å². The number of aliphatic imine (C=N–C) groups is 1. The topological polar surface area (TPSA) is 84.3 Å². The van der Waals surface area contributed by atoms with E-state index in [0.717, 1.165) is 71.0 Å². The van der Waals surface area contributed by atoms with Crippen LogP contribution in [0.1, 0.15) is 32.1 Å². The monoisotopic (exact) mass is 343 g/mol. The van der Waals surface area contributed by atoms with Crippen molar-refractivity contribution in [1.82, 2.24) is 10.6 Å². The van der Waals surface area contributed by atoms with Crippen molar-refractivity contribution < 1.29 is 19.3 Å². The fourth-order valence-electron chi connectivity index (χ4n) is 3.18. The largest absolute Gasteiger partial charge is 0.396 e. The van der Waals surface area contributed by atoms with Gasteiger partial charge in [0, 0.05) is 52.0 Å². The number of ether oxygens (including phenoxy) is 3. The molecule has 0 saturated carbocycles. The molecule has 7 heteroatoms. The third-order valence-electron chi connectivity index (χ3n) is 4.77. The number of nitrogens with zero attached hydrogens (tertiary/aromatic N) is 1. The van der Waals surface area contributed by atoms with E-state index in [0.29, 0.717) is 19.3 Å². The Bertz CT molecular complexity index is 367. The summed E-state index contributed by atoms with van der Waals surface area (Å²) in [6.45, 7) is 5.56. The van der Waals surface area contributed by atoms with Crippen LogP contribution in [-0.2, 0) is 14.2 Å². The summed E-state index contributed by atoms with van der Waals surface area (Å²) >= 11 is 0. The number of nitrogens with one attached hydrogen (secondary N) is 2. The molecular formula is C17H33N3O4. The molecule has 2 rings (SSSR count). The van der Waals surface area contributed by atoms with Gasteiger partial charge in [-0.3, -0.25) is 4.99 Å². The molecule has 0 aliphatic carbocycles. The number of aliphatic hydroxyl groups is 1. The van der Waals surface area contributed by atoms with Crippen LogP contribution in [0.15, 0.2) is 4.99 Å². The van der Waals surface area contributed by atoms with Crippen molar-refractivity contribution in [1.29, 1.82) is 0 Å². The Kier molecular flexibility index (Phi) is 8.80. The maximum absolute atomic E-state index is 9.26. The second-order valence-electron chi connectivity index (χ2n) is 6.69. The molecule has 2 heterocycles. The molecule has 140 valence electrons. The van der Waals surface area contributed by atoms with Gasteiger partial charge in [-0.1, -0.05) is 0 Å². The molecule has 2 aliphatic heterocycles. The third kappa shape index (κ3) is 6.55. The molecule has 2 saturated heterocycles. The van der Waals surface area contributed by atoms with Crippen molar-refractivity contribution in [2.75, 3.05) is 59.8 Å². The molecule has 0 radical (unpaired) electrons. The number of rotatable bonds is 10. The van der Waals surface area contributed by atoms with Gasteiger partial charge in [-0.25, -0.2) is 0 Å². The zero-order valence-corrected chi connectivity index (χ0v) is 14.9. The average molecular weight is 343 g/mol. The lowest BCUT2D eigenvalue weighted by Crippen LogP contribution is -2.44. The maximum Gasteiger partial charge on any atom is 0.190 e. The van der Waals surface area contributed by atoms with Crippen molar-refractivity contribution in [2.45, 2.75) is 38.2 Å². The lowest BCUT2D eigenvalue weighted by Gasteiger charge is -2.27.